The lowest BCUT2D eigenvalue weighted by molar-refractivity contribution is 0.954. The first kappa shape index (κ1) is 18.2. The highest BCUT2D eigenvalue weighted by Crippen LogP contribution is 2.57. The molecule has 2 aliphatic heterocycles. The van der Waals surface area contributed by atoms with Gasteiger partial charge in [0.05, 0.1) is 22.8 Å². The van der Waals surface area contributed by atoms with Gasteiger partial charge in [-0.3, -0.25) is 4.98 Å². The van der Waals surface area contributed by atoms with Crippen molar-refractivity contribution < 1.29 is 0 Å². The first-order chi connectivity index (χ1) is 17.3. The van der Waals surface area contributed by atoms with Crippen LogP contribution in [0.25, 0.3) is 22.3 Å². The fraction of sp³-hybridized carbons (Fsp3) is 0.121. The molecule has 2 heteroatoms. The minimum absolute atomic E-state index is 0.898. The van der Waals surface area contributed by atoms with Gasteiger partial charge in [-0.05, 0) is 85.8 Å². The lowest BCUT2D eigenvalue weighted by Gasteiger charge is -2.41. The molecule has 0 saturated heterocycles. The van der Waals surface area contributed by atoms with E-state index >= 15 is 0 Å². The molecule has 0 radical (unpaired) electrons. The van der Waals surface area contributed by atoms with Crippen molar-refractivity contribution in [3.8, 4) is 22.3 Å². The van der Waals surface area contributed by atoms with Crippen molar-refractivity contribution >= 4 is 17.1 Å². The van der Waals surface area contributed by atoms with E-state index in [0.717, 1.165) is 25.7 Å². The summed E-state index contributed by atoms with van der Waals surface area (Å²) < 4.78 is 0. The molecule has 4 aromatic carbocycles. The van der Waals surface area contributed by atoms with E-state index in [1.807, 2.05) is 6.20 Å². The lowest BCUT2D eigenvalue weighted by atomic mass is 9.82. The summed E-state index contributed by atoms with van der Waals surface area (Å²) in [4.78, 5) is 7.46. The van der Waals surface area contributed by atoms with E-state index in [-0.39, 0.29) is 0 Å². The summed E-state index contributed by atoms with van der Waals surface area (Å²) in [7, 11) is 0. The molecule has 0 bridgehead atoms. The van der Waals surface area contributed by atoms with Gasteiger partial charge in [-0.1, -0.05) is 60.7 Å². The summed E-state index contributed by atoms with van der Waals surface area (Å²) >= 11 is 0. The summed E-state index contributed by atoms with van der Waals surface area (Å²) in [5.74, 6) is 0. The van der Waals surface area contributed by atoms with Crippen molar-refractivity contribution in [1.29, 1.82) is 0 Å². The van der Waals surface area contributed by atoms with Gasteiger partial charge in [-0.25, -0.2) is 0 Å². The fourth-order valence-electron chi connectivity index (χ4n) is 7.16. The molecule has 0 amide bonds. The zero-order valence-electron chi connectivity index (χ0n) is 19.3. The number of hydrogen-bond donors (Lipinski definition) is 0. The number of nitrogens with zero attached hydrogens (tertiary/aromatic N) is 2. The molecule has 0 N–H and O–H groups in total. The van der Waals surface area contributed by atoms with Gasteiger partial charge in [0.25, 0.3) is 0 Å². The standard InChI is InChI=1S/C33H22N2/c1-3-8-23-20(7-1)15-28-25(23)12-11-21-16-29-27-14-19-6-2-4-9-24(19)26(27)17-22-18-30-31(10-5-13-34-30)35(32(21)28)33(22)29/h1-13,17H,14-16,18H2. The predicted octanol–water partition coefficient (Wildman–Crippen LogP) is 7.50. The minimum Gasteiger partial charge on any atom is -0.307 e. The van der Waals surface area contributed by atoms with E-state index in [1.54, 1.807) is 0 Å². The van der Waals surface area contributed by atoms with Gasteiger partial charge < -0.3 is 4.90 Å². The number of fused-ring (bicyclic) bond motifs is 12. The Morgan fingerprint density at radius 2 is 1.23 bits per heavy atom. The summed E-state index contributed by atoms with van der Waals surface area (Å²) in [6.07, 6.45) is 5.89. The van der Waals surface area contributed by atoms with Gasteiger partial charge in [0.2, 0.25) is 0 Å². The Hall–Kier alpha value is -4.17. The van der Waals surface area contributed by atoms with Crippen LogP contribution in [0.2, 0.25) is 0 Å². The molecule has 2 aliphatic carbocycles. The number of hydrogen-bond acceptors (Lipinski definition) is 2. The number of aromatic nitrogens is 1. The molecule has 0 atom stereocenters. The van der Waals surface area contributed by atoms with Gasteiger partial charge in [-0.15, -0.1) is 0 Å². The molecular weight excluding hydrogens is 424 g/mol. The number of benzene rings is 4. The average Bonchev–Trinajstić information content (AvgIpc) is 3.47. The quantitative estimate of drug-likeness (QED) is 0.240. The third-order valence-corrected chi connectivity index (χ3v) is 8.59. The highest BCUT2D eigenvalue weighted by molar-refractivity contribution is 5.97. The minimum atomic E-state index is 0.898. The van der Waals surface area contributed by atoms with Crippen molar-refractivity contribution in [2.75, 3.05) is 4.90 Å². The molecule has 0 spiro atoms. The molecule has 0 saturated carbocycles. The van der Waals surface area contributed by atoms with Crippen molar-refractivity contribution in [1.82, 2.24) is 4.98 Å². The van der Waals surface area contributed by atoms with Crippen LogP contribution in [0.1, 0.15) is 44.6 Å². The molecule has 2 nitrogen and oxygen atoms in total. The Morgan fingerprint density at radius 3 is 2.09 bits per heavy atom. The van der Waals surface area contributed by atoms with Crippen LogP contribution in [0.3, 0.4) is 0 Å². The Balaban J connectivity index is 1.36. The fourth-order valence-corrected chi connectivity index (χ4v) is 7.16. The molecule has 1 aromatic heterocycles. The zero-order chi connectivity index (χ0) is 22.7. The van der Waals surface area contributed by atoms with Crippen LogP contribution in [0, 0.1) is 0 Å². The van der Waals surface area contributed by atoms with Crippen LogP contribution >= 0.6 is 0 Å². The lowest BCUT2D eigenvalue weighted by Crippen LogP contribution is -2.27. The first-order valence-corrected chi connectivity index (χ1v) is 12.6. The van der Waals surface area contributed by atoms with Crippen LogP contribution < -0.4 is 4.90 Å². The molecule has 35 heavy (non-hydrogen) atoms. The monoisotopic (exact) mass is 446 g/mol. The SMILES string of the molecule is c1ccc2c(c1)Cc1c-2cc2c3c1Cc1ccc4c(c1N3c1cccnc1C2)Cc1ccccc1-4. The second kappa shape index (κ2) is 6.28. The largest absolute Gasteiger partial charge is 0.307 e. The third-order valence-electron chi connectivity index (χ3n) is 8.59. The smallest absolute Gasteiger partial charge is 0.0688 e. The molecule has 9 rings (SSSR count). The maximum Gasteiger partial charge on any atom is 0.0688 e. The van der Waals surface area contributed by atoms with Crippen molar-refractivity contribution in [3.63, 3.8) is 0 Å². The van der Waals surface area contributed by atoms with Crippen LogP contribution in [0.15, 0.2) is 85.1 Å². The van der Waals surface area contributed by atoms with E-state index in [1.165, 1.54) is 84.0 Å². The summed E-state index contributed by atoms with van der Waals surface area (Å²) in [6.45, 7) is 0. The Kier molecular flexibility index (Phi) is 3.27. The number of pyridine rings is 1. The van der Waals surface area contributed by atoms with Crippen molar-refractivity contribution in [2.24, 2.45) is 0 Å². The normalized spacial score (nSPS) is 14.9. The topological polar surface area (TPSA) is 16.1 Å². The van der Waals surface area contributed by atoms with Crippen LogP contribution in [0.4, 0.5) is 17.1 Å². The zero-order valence-corrected chi connectivity index (χ0v) is 19.3. The summed E-state index contributed by atoms with van der Waals surface area (Å²) in [5.41, 5.74) is 21.2. The third kappa shape index (κ3) is 2.23. The first-order valence-electron chi connectivity index (χ1n) is 12.6. The van der Waals surface area contributed by atoms with Gasteiger partial charge >= 0.3 is 0 Å². The van der Waals surface area contributed by atoms with Crippen molar-refractivity contribution in [3.05, 3.63) is 130 Å². The Morgan fingerprint density at radius 1 is 0.514 bits per heavy atom. The molecule has 0 unspecified atom stereocenters. The van der Waals surface area contributed by atoms with Gasteiger partial charge in [0.1, 0.15) is 0 Å². The second-order valence-corrected chi connectivity index (χ2v) is 10.3. The summed E-state index contributed by atoms with van der Waals surface area (Å²) in [5, 5.41) is 0. The number of anilines is 3. The molecule has 3 heterocycles. The predicted molar refractivity (Wildman–Crippen MR) is 141 cm³/mol. The van der Waals surface area contributed by atoms with E-state index in [4.69, 9.17) is 4.98 Å². The Bertz CT molecular complexity index is 1760. The molecular formula is C33H22N2. The van der Waals surface area contributed by atoms with Crippen LogP contribution in [-0.4, -0.2) is 4.98 Å². The van der Waals surface area contributed by atoms with Crippen molar-refractivity contribution in [2.45, 2.75) is 25.7 Å². The molecule has 0 fully saturated rings. The molecule has 4 aliphatic rings. The van der Waals surface area contributed by atoms with E-state index in [2.05, 4.69) is 83.8 Å². The highest BCUT2D eigenvalue weighted by atomic mass is 15.2. The highest BCUT2D eigenvalue weighted by Gasteiger charge is 2.38. The second-order valence-electron chi connectivity index (χ2n) is 10.3. The molecule has 5 aromatic rings. The van der Waals surface area contributed by atoms with Crippen LogP contribution in [0.5, 0.6) is 0 Å². The maximum atomic E-state index is 4.87. The van der Waals surface area contributed by atoms with Gasteiger partial charge in [-0.2, -0.15) is 0 Å². The molecule has 164 valence electrons. The maximum absolute atomic E-state index is 4.87. The van der Waals surface area contributed by atoms with E-state index < -0.39 is 0 Å². The van der Waals surface area contributed by atoms with Gasteiger partial charge in [0.15, 0.2) is 0 Å². The van der Waals surface area contributed by atoms with Crippen LogP contribution in [-0.2, 0) is 25.7 Å². The summed E-state index contributed by atoms with van der Waals surface area (Å²) in [6, 6.07) is 29.5. The number of rotatable bonds is 0. The van der Waals surface area contributed by atoms with Gasteiger partial charge in [0, 0.05) is 25.5 Å². The van der Waals surface area contributed by atoms with E-state index in [9.17, 15) is 0 Å². The average molecular weight is 447 g/mol. The Labute approximate surface area is 204 Å². The van der Waals surface area contributed by atoms with E-state index in [0.29, 0.717) is 0 Å².